The second-order valence-corrected chi connectivity index (χ2v) is 4.70. The highest BCUT2D eigenvalue weighted by Gasteiger charge is 2.12. The Morgan fingerprint density at radius 2 is 2.29 bits per heavy atom. The summed E-state index contributed by atoms with van der Waals surface area (Å²) >= 11 is 3.30. The minimum atomic E-state index is -0.493. The molecule has 3 N–H and O–H groups in total. The predicted molar refractivity (Wildman–Crippen MR) is 68.8 cm³/mol. The zero-order valence-electron chi connectivity index (χ0n) is 9.67. The van der Waals surface area contributed by atoms with E-state index in [1.165, 1.54) is 12.1 Å². The van der Waals surface area contributed by atoms with Gasteiger partial charge in [0.05, 0.1) is 6.04 Å². The molecular weight excluding hydrogens is 287 g/mol. The first-order valence-corrected chi connectivity index (χ1v) is 6.31. The molecule has 0 spiro atoms. The second kappa shape index (κ2) is 6.71. The average molecular weight is 303 g/mol. The maximum Gasteiger partial charge on any atom is 0.237 e. The molecule has 0 saturated heterocycles. The van der Waals surface area contributed by atoms with Gasteiger partial charge in [-0.3, -0.25) is 4.79 Å². The molecule has 0 heterocycles. The van der Waals surface area contributed by atoms with Gasteiger partial charge in [0.2, 0.25) is 5.91 Å². The van der Waals surface area contributed by atoms with Gasteiger partial charge in [-0.05, 0) is 30.2 Å². The van der Waals surface area contributed by atoms with Crippen molar-refractivity contribution in [2.75, 3.05) is 0 Å². The van der Waals surface area contributed by atoms with Gasteiger partial charge < -0.3 is 11.1 Å². The number of carbonyl (C=O) groups excluding carboxylic acids is 1. The van der Waals surface area contributed by atoms with E-state index in [0.717, 1.165) is 10.9 Å². The highest BCUT2D eigenvalue weighted by atomic mass is 79.9. The Bertz CT molecular complexity index is 398. The maximum absolute atomic E-state index is 13.0. The van der Waals surface area contributed by atoms with Crippen molar-refractivity contribution in [2.24, 2.45) is 5.73 Å². The zero-order chi connectivity index (χ0) is 12.8. The van der Waals surface area contributed by atoms with E-state index in [1.807, 2.05) is 6.92 Å². The highest BCUT2D eigenvalue weighted by Crippen LogP contribution is 2.17. The van der Waals surface area contributed by atoms with Gasteiger partial charge in [0, 0.05) is 11.0 Å². The molecule has 0 radical (unpaired) electrons. The second-order valence-electron chi connectivity index (χ2n) is 3.85. The zero-order valence-corrected chi connectivity index (χ0v) is 11.3. The van der Waals surface area contributed by atoms with E-state index in [-0.39, 0.29) is 18.3 Å². The maximum atomic E-state index is 13.0. The van der Waals surface area contributed by atoms with Crippen molar-refractivity contribution in [1.29, 1.82) is 0 Å². The quantitative estimate of drug-likeness (QED) is 0.877. The van der Waals surface area contributed by atoms with Crippen molar-refractivity contribution in [3.63, 3.8) is 0 Å². The Kier molecular flexibility index (Phi) is 5.58. The Hall–Kier alpha value is -0.940. The summed E-state index contributed by atoms with van der Waals surface area (Å²) in [6, 6.07) is 3.86. The lowest BCUT2D eigenvalue weighted by atomic mass is 10.1. The third kappa shape index (κ3) is 4.44. The van der Waals surface area contributed by atoms with E-state index in [2.05, 4.69) is 21.2 Å². The first-order chi connectivity index (χ1) is 8.04. The molecule has 1 amide bonds. The summed E-state index contributed by atoms with van der Waals surface area (Å²) in [6.45, 7) is 2.24. The number of hydrogen-bond donors (Lipinski definition) is 2. The van der Waals surface area contributed by atoms with Gasteiger partial charge in [0.15, 0.2) is 0 Å². The molecule has 1 unspecified atom stereocenters. The van der Waals surface area contributed by atoms with Gasteiger partial charge in [-0.2, -0.15) is 0 Å². The van der Waals surface area contributed by atoms with Crippen LogP contribution in [0.25, 0.3) is 0 Å². The number of benzene rings is 1. The summed E-state index contributed by atoms with van der Waals surface area (Å²) < 4.78 is 13.8. The molecule has 0 aromatic heterocycles. The summed E-state index contributed by atoms with van der Waals surface area (Å²) in [5.41, 5.74) is 6.36. The summed E-state index contributed by atoms with van der Waals surface area (Å²) in [5.74, 6) is -0.529. The summed E-state index contributed by atoms with van der Waals surface area (Å²) in [4.78, 5) is 11.6. The molecule has 17 heavy (non-hydrogen) atoms. The lowest BCUT2D eigenvalue weighted by molar-refractivity contribution is -0.122. The van der Waals surface area contributed by atoms with Crippen molar-refractivity contribution in [2.45, 2.75) is 32.4 Å². The molecule has 0 aliphatic carbocycles. The van der Waals surface area contributed by atoms with Crippen LogP contribution < -0.4 is 11.1 Å². The van der Waals surface area contributed by atoms with Gasteiger partial charge in [-0.1, -0.05) is 29.3 Å². The first kappa shape index (κ1) is 14.1. The van der Waals surface area contributed by atoms with Crippen LogP contribution in [0.4, 0.5) is 4.39 Å². The van der Waals surface area contributed by atoms with Crippen LogP contribution in [0.3, 0.4) is 0 Å². The van der Waals surface area contributed by atoms with Crippen LogP contribution >= 0.6 is 15.9 Å². The van der Waals surface area contributed by atoms with E-state index < -0.39 is 6.04 Å². The molecule has 0 bridgehead atoms. The Morgan fingerprint density at radius 3 is 2.94 bits per heavy atom. The summed E-state index contributed by atoms with van der Waals surface area (Å²) in [5, 5.41) is 2.69. The molecule has 3 nitrogen and oxygen atoms in total. The fraction of sp³-hybridized carbons (Fsp3) is 0.417. The first-order valence-electron chi connectivity index (χ1n) is 5.51. The number of amides is 1. The summed E-state index contributed by atoms with van der Waals surface area (Å²) in [7, 11) is 0. The summed E-state index contributed by atoms with van der Waals surface area (Å²) in [6.07, 6.45) is 1.51. The van der Waals surface area contributed by atoms with E-state index in [1.54, 1.807) is 6.07 Å². The molecule has 0 saturated carbocycles. The number of nitrogens with two attached hydrogens (primary N) is 1. The van der Waals surface area contributed by atoms with Crippen LogP contribution in [0.2, 0.25) is 0 Å². The lowest BCUT2D eigenvalue weighted by Gasteiger charge is -2.12. The standard InChI is InChI=1S/C12H16BrFN2O/c1-2-3-11(15)12(17)16-7-8-6-9(14)4-5-10(8)13/h4-6,11H,2-3,7,15H2,1H3,(H,16,17). The minimum Gasteiger partial charge on any atom is -0.351 e. The highest BCUT2D eigenvalue weighted by molar-refractivity contribution is 9.10. The molecule has 0 aliphatic heterocycles. The van der Waals surface area contributed by atoms with Gasteiger partial charge in [-0.15, -0.1) is 0 Å². The molecule has 94 valence electrons. The molecule has 1 atom stereocenters. The normalized spacial score (nSPS) is 12.2. The van der Waals surface area contributed by atoms with Crippen LogP contribution in [-0.2, 0) is 11.3 Å². The number of carbonyl (C=O) groups is 1. The van der Waals surface area contributed by atoms with Gasteiger partial charge >= 0.3 is 0 Å². The van der Waals surface area contributed by atoms with E-state index >= 15 is 0 Å². The monoisotopic (exact) mass is 302 g/mol. The predicted octanol–water partition coefficient (Wildman–Crippen LogP) is 2.33. The molecule has 0 aliphatic rings. The van der Waals surface area contributed by atoms with E-state index in [4.69, 9.17) is 5.73 Å². The number of nitrogens with one attached hydrogen (secondary N) is 1. The lowest BCUT2D eigenvalue weighted by Crippen LogP contribution is -2.40. The molecule has 1 rings (SSSR count). The minimum absolute atomic E-state index is 0.206. The van der Waals surface area contributed by atoms with Crippen molar-refractivity contribution in [3.8, 4) is 0 Å². The average Bonchev–Trinajstić information content (AvgIpc) is 2.30. The van der Waals surface area contributed by atoms with Crippen LogP contribution in [0, 0.1) is 5.82 Å². The third-order valence-electron chi connectivity index (χ3n) is 2.40. The number of halogens is 2. The van der Waals surface area contributed by atoms with Crippen LogP contribution in [-0.4, -0.2) is 11.9 Å². The topological polar surface area (TPSA) is 55.1 Å². The van der Waals surface area contributed by atoms with Crippen LogP contribution in [0.1, 0.15) is 25.3 Å². The smallest absolute Gasteiger partial charge is 0.237 e. The van der Waals surface area contributed by atoms with Gasteiger partial charge in [0.25, 0.3) is 0 Å². The van der Waals surface area contributed by atoms with Crippen molar-refractivity contribution in [1.82, 2.24) is 5.32 Å². The van der Waals surface area contributed by atoms with Crippen molar-refractivity contribution in [3.05, 3.63) is 34.1 Å². The van der Waals surface area contributed by atoms with Gasteiger partial charge in [0.1, 0.15) is 5.82 Å². The molecule has 1 aromatic carbocycles. The van der Waals surface area contributed by atoms with E-state index in [9.17, 15) is 9.18 Å². The fourth-order valence-corrected chi connectivity index (χ4v) is 1.82. The molecular formula is C12H16BrFN2O. The van der Waals surface area contributed by atoms with Gasteiger partial charge in [-0.25, -0.2) is 4.39 Å². The molecule has 1 aromatic rings. The SMILES string of the molecule is CCCC(N)C(=O)NCc1cc(F)ccc1Br. The Labute approximate surface area is 109 Å². The molecule has 5 heteroatoms. The number of hydrogen-bond acceptors (Lipinski definition) is 2. The Morgan fingerprint density at radius 1 is 1.59 bits per heavy atom. The number of rotatable bonds is 5. The van der Waals surface area contributed by atoms with Crippen molar-refractivity contribution >= 4 is 21.8 Å². The largest absolute Gasteiger partial charge is 0.351 e. The van der Waals surface area contributed by atoms with E-state index in [0.29, 0.717) is 12.0 Å². The van der Waals surface area contributed by atoms with Crippen molar-refractivity contribution < 1.29 is 9.18 Å². The fourth-order valence-electron chi connectivity index (χ4n) is 1.43. The van der Waals surface area contributed by atoms with Crippen LogP contribution in [0.15, 0.2) is 22.7 Å². The third-order valence-corrected chi connectivity index (χ3v) is 3.17. The Balaban J connectivity index is 2.55. The van der Waals surface area contributed by atoms with Crippen LogP contribution in [0.5, 0.6) is 0 Å². The molecule has 0 fully saturated rings.